The molecule has 31 heavy (non-hydrogen) atoms. The Bertz CT molecular complexity index is 1160. The van der Waals surface area contributed by atoms with E-state index in [2.05, 4.69) is 15.9 Å². The summed E-state index contributed by atoms with van der Waals surface area (Å²) >= 11 is 3.47. The molecular weight excluding hydrogens is 452 g/mol. The van der Waals surface area contributed by atoms with Crippen molar-refractivity contribution in [3.05, 3.63) is 83.0 Å². The zero-order valence-electron chi connectivity index (χ0n) is 17.5. The van der Waals surface area contributed by atoms with Crippen LogP contribution in [0.2, 0.25) is 0 Å². The van der Waals surface area contributed by atoms with Crippen molar-refractivity contribution in [3.8, 4) is 28.5 Å². The van der Waals surface area contributed by atoms with Gasteiger partial charge in [-0.2, -0.15) is 0 Å². The Balaban J connectivity index is 1.82. The van der Waals surface area contributed by atoms with Gasteiger partial charge in [0, 0.05) is 30.6 Å². The number of unbranched alkanes of at least 4 members (excludes halogenated alkanes) is 2. The van der Waals surface area contributed by atoms with Crippen molar-refractivity contribution in [2.24, 2.45) is 0 Å². The van der Waals surface area contributed by atoms with Gasteiger partial charge in [-0.05, 0) is 31.0 Å². The van der Waals surface area contributed by atoms with Crippen LogP contribution in [0.25, 0.3) is 28.5 Å². The van der Waals surface area contributed by atoms with Crippen LogP contribution in [0.15, 0.2) is 77.6 Å². The predicted molar refractivity (Wildman–Crippen MR) is 131 cm³/mol. The van der Waals surface area contributed by atoms with Crippen LogP contribution in [-0.2, 0) is 0 Å². The molecule has 2 aromatic carbocycles. The summed E-state index contributed by atoms with van der Waals surface area (Å²) in [7, 11) is 1.97. The van der Waals surface area contributed by atoms with Crippen molar-refractivity contribution in [2.45, 2.75) is 19.3 Å². The van der Waals surface area contributed by atoms with Crippen LogP contribution in [0, 0.1) is 0 Å². The Morgan fingerprint density at radius 2 is 1.65 bits per heavy atom. The van der Waals surface area contributed by atoms with Crippen LogP contribution in [0.5, 0.6) is 0 Å². The van der Waals surface area contributed by atoms with Crippen molar-refractivity contribution < 1.29 is 0 Å². The molecule has 5 nitrogen and oxygen atoms in total. The largest absolute Gasteiger partial charge is 0.371 e. The number of nitrogens with zero attached hydrogens (tertiary/aromatic N) is 4. The van der Waals surface area contributed by atoms with E-state index < -0.39 is 0 Å². The van der Waals surface area contributed by atoms with E-state index in [0.29, 0.717) is 17.2 Å². The third kappa shape index (κ3) is 4.85. The predicted octanol–water partition coefficient (Wildman–Crippen LogP) is 5.40. The number of hydrogen-bond donors (Lipinski definition) is 0. The molecule has 158 valence electrons. The zero-order chi connectivity index (χ0) is 21.6. The Hall–Kier alpha value is -2.99. The molecule has 2 aliphatic rings. The lowest BCUT2D eigenvalue weighted by Crippen LogP contribution is -2.25. The number of rotatable bonds is 8. The van der Waals surface area contributed by atoms with Gasteiger partial charge in [0.1, 0.15) is 0 Å². The maximum absolute atomic E-state index is 13.0. The van der Waals surface area contributed by atoms with Crippen molar-refractivity contribution in [1.82, 2.24) is 14.8 Å². The number of alkyl halides is 1. The molecule has 0 radical (unpaired) electrons. The van der Waals surface area contributed by atoms with Crippen molar-refractivity contribution >= 4 is 21.6 Å². The Morgan fingerprint density at radius 1 is 0.935 bits per heavy atom. The van der Waals surface area contributed by atoms with E-state index in [-0.39, 0.29) is 5.43 Å². The smallest absolute Gasteiger partial charge is 0.204 e. The summed E-state index contributed by atoms with van der Waals surface area (Å²) in [6.45, 7) is 0.836. The number of fused-ring (bicyclic) bond motifs is 1. The molecule has 0 N–H and O–H groups in total. The van der Waals surface area contributed by atoms with Crippen molar-refractivity contribution in [1.29, 1.82) is 0 Å². The van der Waals surface area contributed by atoms with E-state index in [1.54, 1.807) is 6.07 Å². The molecule has 0 spiro atoms. The second-order valence-electron chi connectivity index (χ2n) is 7.53. The second-order valence-corrected chi connectivity index (χ2v) is 8.32. The molecule has 0 saturated carbocycles. The highest BCUT2D eigenvalue weighted by Gasteiger charge is 2.18. The topological polar surface area (TPSA) is 51.0 Å². The summed E-state index contributed by atoms with van der Waals surface area (Å²) in [5, 5.41) is 5.79. The lowest BCUT2D eigenvalue weighted by Gasteiger charge is -2.21. The minimum Gasteiger partial charge on any atom is -0.371 e. The fourth-order valence-corrected chi connectivity index (χ4v) is 4.00. The van der Waals surface area contributed by atoms with E-state index >= 15 is 0 Å². The van der Waals surface area contributed by atoms with Crippen LogP contribution >= 0.6 is 15.9 Å². The van der Waals surface area contributed by atoms with E-state index in [4.69, 9.17) is 10.1 Å². The highest BCUT2D eigenvalue weighted by atomic mass is 79.9. The molecule has 0 unspecified atom stereocenters. The first-order valence-electron chi connectivity index (χ1n) is 10.5. The number of hydrogen-bond acceptors (Lipinski definition) is 4. The molecule has 0 atom stereocenters. The highest BCUT2D eigenvalue weighted by molar-refractivity contribution is 9.09. The summed E-state index contributed by atoms with van der Waals surface area (Å²) in [6.07, 6.45) is 3.31. The van der Waals surface area contributed by atoms with E-state index in [1.807, 2.05) is 83.4 Å². The molecule has 0 saturated heterocycles. The summed E-state index contributed by atoms with van der Waals surface area (Å²) in [5.41, 5.74) is 3.93. The molecular formula is C25H25BrN4O. The number of aromatic nitrogens is 3. The van der Waals surface area contributed by atoms with Crippen LogP contribution < -0.4 is 10.3 Å². The molecule has 1 heterocycles. The molecule has 0 fully saturated rings. The van der Waals surface area contributed by atoms with Crippen LogP contribution in [-0.4, -0.2) is 33.7 Å². The minimum atomic E-state index is -0.0174. The van der Waals surface area contributed by atoms with Crippen LogP contribution in [0.3, 0.4) is 0 Å². The Labute approximate surface area is 190 Å². The summed E-state index contributed by atoms with van der Waals surface area (Å²) in [5.74, 6) is 0.626. The van der Waals surface area contributed by atoms with Gasteiger partial charge < -0.3 is 4.90 Å². The molecule has 0 aromatic heterocycles. The number of benzene rings is 3. The van der Waals surface area contributed by atoms with Gasteiger partial charge in [0.2, 0.25) is 5.43 Å². The van der Waals surface area contributed by atoms with E-state index in [0.717, 1.165) is 48.1 Å². The molecule has 4 rings (SSSR count). The third-order valence-electron chi connectivity index (χ3n) is 5.28. The fourth-order valence-electron chi connectivity index (χ4n) is 3.61. The second kappa shape index (κ2) is 9.88. The van der Waals surface area contributed by atoms with Crippen molar-refractivity contribution in [2.75, 3.05) is 23.8 Å². The van der Waals surface area contributed by atoms with Gasteiger partial charge in [-0.15, -0.1) is 5.10 Å². The normalized spacial score (nSPS) is 11.0. The maximum Gasteiger partial charge on any atom is 0.204 e. The Morgan fingerprint density at radius 3 is 2.35 bits per heavy atom. The first kappa shape index (κ1) is 21.2. The van der Waals surface area contributed by atoms with Gasteiger partial charge in [0.05, 0.1) is 22.8 Å². The average molecular weight is 477 g/mol. The molecule has 1 aliphatic carbocycles. The molecule has 0 bridgehead atoms. The Kier molecular flexibility index (Phi) is 6.77. The number of para-hydroxylation sites is 1. The van der Waals surface area contributed by atoms with Gasteiger partial charge in [0.25, 0.3) is 0 Å². The fraction of sp³-hybridized carbons (Fsp3) is 0.240. The third-order valence-corrected chi connectivity index (χ3v) is 5.84. The minimum absolute atomic E-state index is 0.0174. The van der Waals surface area contributed by atoms with Gasteiger partial charge in [-0.1, -0.05) is 70.9 Å². The van der Waals surface area contributed by atoms with E-state index in [1.165, 1.54) is 0 Å². The quantitative estimate of drug-likeness (QED) is 0.252. The first-order chi connectivity index (χ1) is 15.2. The molecule has 0 amide bonds. The summed E-state index contributed by atoms with van der Waals surface area (Å²) in [4.78, 5) is 19.8. The molecule has 2 aromatic rings. The number of anilines is 1. The van der Waals surface area contributed by atoms with Crippen LogP contribution in [0.4, 0.5) is 5.69 Å². The maximum atomic E-state index is 13.0. The van der Waals surface area contributed by atoms with Gasteiger partial charge in [0.15, 0.2) is 5.82 Å². The van der Waals surface area contributed by atoms with Gasteiger partial charge >= 0.3 is 0 Å². The first-order valence-corrected chi connectivity index (χ1v) is 11.6. The standard InChI is InChI=1S/C25H25BrN4O/c1-29(16-10-4-9-15-26)23-17-21-22(18-24(23)31)30(20-13-7-3-8-14-20)28-25(27-21)19-11-5-2-6-12-19/h2-3,5-8,11-14,17-18H,4,9-10,15-16H2,1H3. The molecule has 1 aliphatic heterocycles. The summed E-state index contributed by atoms with van der Waals surface area (Å²) < 4.78 is 1.81. The van der Waals surface area contributed by atoms with E-state index in [9.17, 15) is 4.79 Å². The SMILES string of the molecule is CN(CCCCCBr)c1cc2nc(-c3ccccc3)nn(-c3ccccc3)c-2cc1=O. The summed E-state index contributed by atoms with van der Waals surface area (Å²) in [6, 6.07) is 23.3. The highest BCUT2D eigenvalue weighted by Crippen LogP contribution is 2.27. The van der Waals surface area contributed by atoms with Gasteiger partial charge in [-0.25, -0.2) is 9.67 Å². The average Bonchev–Trinajstić information content (AvgIpc) is 2.82. The lowest BCUT2D eigenvalue weighted by molar-refractivity contribution is 0.710. The monoisotopic (exact) mass is 476 g/mol. The zero-order valence-corrected chi connectivity index (χ0v) is 19.1. The lowest BCUT2D eigenvalue weighted by atomic mass is 10.1. The van der Waals surface area contributed by atoms with Gasteiger partial charge in [-0.3, -0.25) is 4.79 Å². The van der Waals surface area contributed by atoms with Crippen molar-refractivity contribution in [3.63, 3.8) is 0 Å². The number of halogens is 1. The van der Waals surface area contributed by atoms with Crippen LogP contribution in [0.1, 0.15) is 19.3 Å². The molecule has 6 heteroatoms.